The predicted molar refractivity (Wildman–Crippen MR) is 184 cm³/mol. The summed E-state index contributed by atoms with van der Waals surface area (Å²) in [5.74, 6) is -0.112. The highest BCUT2D eigenvalue weighted by atomic mass is 32.2. The predicted octanol–water partition coefficient (Wildman–Crippen LogP) is 5.06. The van der Waals surface area contributed by atoms with Crippen LogP contribution in [0.5, 0.6) is 11.5 Å². The van der Waals surface area contributed by atoms with Gasteiger partial charge in [-0.2, -0.15) is 4.31 Å². The van der Waals surface area contributed by atoms with Crippen LogP contribution in [0.15, 0.2) is 77.7 Å². The number of ether oxygens (including phenoxy) is 3. The number of likely N-dealkylation sites (N-methyl/N-ethyl adjacent to an activating group) is 1. The third kappa shape index (κ3) is 9.34. The number of benzene rings is 3. The Hall–Kier alpha value is -3.97. The maximum atomic E-state index is 14.4. The lowest BCUT2D eigenvalue weighted by molar-refractivity contribution is -0.00834. The lowest BCUT2D eigenvalue weighted by atomic mass is 10.0. The van der Waals surface area contributed by atoms with Gasteiger partial charge in [-0.15, -0.1) is 0 Å². The fraction of sp³-hybridized carbons (Fsp3) is 0.444. The van der Waals surface area contributed by atoms with Gasteiger partial charge >= 0.3 is 0 Å². The largest absolute Gasteiger partial charge is 0.497 e. The van der Waals surface area contributed by atoms with Gasteiger partial charge in [0.15, 0.2) is 0 Å². The number of nitrogens with zero attached hydrogens (tertiary/aromatic N) is 2. The molecule has 0 aromatic heterocycles. The molecule has 0 unspecified atom stereocenters. The fourth-order valence-electron chi connectivity index (χ4n) is 5.53. The second kappa shape index (κ2) is 16.9. The second-order valence-corrected chi connectivity index (χ2v) is 14.3. The molecule has 1 heterocycles. The van der Waals surface area contributed by atoms with E-state index in [1.54, 1.807) is 66.4 Å². The van der Waals surface area contributed by atoms with Crippen LogP contribution in [-0.4, -0.2) is 93.3 Å². The number of hydrogen-bond donors (Lipinski definition) is 2. The van der Waals surface area contributed by atoms with Crippen molar-refractivity contribution >= 4 is 27.5 Å². The Bertz CT molecular complexity index is 1620. The number of methoxy groups -OCH3 is 1. The number of sulfonamides is 1. The first kappa shape index (κ1) is 36.9. The summed E-state index contributed by atoms with van der Waals surface area (Å²) in [6, 6.07) is 19.4. The van der Waals surface area contributed by atoms with Crippen molar-refractivity contribution in [3.63, 3.8) is 0 Å². The normalized spacial score (nSPS) is 20.3. The number of hydrogen-bond acceptors (Lipinski definition) is 8. The highest BCUT2D eigenvalue weighted by Gasteiger charge is 2.32. The summed E-state index contributed by atoms with van der Waals surface area (Å²) >= 11 is 0. The minimum atomic E-state index is -3.85. The van der Waals surface area contributed by atoms with Gasteiger partial charge in [0, 0.05) is 43.9 Å². The number of aliphatic hydroxyl groups is 1. The second-order valence-electron chi connectivity index (χ2n) is 12.3. The molecule has 3 aromatic carbocycles. The Morgan fingerprint density at radius 1 is 1.08 bits per heavy atom. The molecule has 1 aliphatic heterocycles. The molecule has 0 saturated heterocycles. The SMILES string of the molecule is COc1ccc(S(=O)(=O)N(C)C[C@H]2OCCCC[C@H](C)Oc3ccc(NC(=O)c4ccccc4)cc3C(=O)N([C@H](C)CO)C[C@H]2C)cc1. The number of carbonyl (C=O) groups is 2. The molecule has 3 aromatic rings. The van der Waals surface area contributed by atoms with Crippen molar-refractivity contribution in [2.24, 2.45) is 5.92 Å². The van der Waals surface area contributed by atoms with Crippen LogP contribution in [0.2, 0.25) is 0 Å². The summed E-state index contributed by atoms with van der Waals surface area (Å²) in [4.78, 5) is 29.0. The van der Waals surface area contributed by atoms with E-state index in [9.17, 15) is 23.1 Å². The van der Waals surface area contributed by atoms with Crippen molar-refractivity contribution in [1.82, 2.24) is 9.21 Å². The minimum absolute atomic E-state index is 0.0524. The molecule has 260 valence electrons. The molecule has 4 rings (SSSR count). The zero-order valence-electron chi connectivity index (χ0n) is 28.3. The summed E-state index contributed by atoms with van der Waals surface area (Å²) in [5, 5.41) is 13.1. The van der Waals surface area contributed by atoms with Gasteiger partial charge in [0.1, 0.15) is 11.5 Å². The highest BCUT2D eigenvalue weighted by molar-refractivity contribution is 7.89. The van der Waals surface area contributed by atoms with Crippen LogP contribution in [0.4, 0.5) is 5.69 Å². The Morgan fingerprint density at radius 2 is 1.79 bits per heavy atom. The van der Waals surface area contributed by atoms with E-state index in [0.717, 1.165) is 12.8 Å². The maximum Gasteiger partial charge on any atom is 0.258 e. The van der Waals surface area contributed by atoms with Crippen LogP contribution in [-0.2, 0) is 14.8 Å². The zero-order valence-corrected chi connectivity index (χ0v) is 29.1. The standard InChI is InChI=1S/C36H47N3O8S/c1-25-22-39(26(2)24-40)36(42)32-21-29(37-35(41)28-12-7-6-8-13-28)14-19-33(32)47-27(3)11-9-10-20-46-34(25)23-38(4)48(43,44)31-17-15-30(45-5)16-18-31/h6-8,12-19,21,25-27,34,40H,9-11,20,22-24H2,1-5H3,(H,37,41)/t25-,26-,27+,34-/m1/s1. The average molecular weight is 682 g/mol. The Labute approximate surface area is 283 Å². The summed E-state index contributed by atoms with van der Waals surface area (Å²) in [7, 11) is -0.818. The summed E-state index contributed by atoms with van der Waals surface area (Å²) in [6.07, 6.45) is 1.45. The van der Waals surface area contributed by atoms with Gasteiger partial charge in [-0.05, 0) is 87.7 Å². The molecule has 0 fully saturated rings. The van der Waals surface area contributed by atoms with E-state index in [0.29, 0.717) is 35.8 Å². The molecular formula is C36H47N3O8S. The Morgan fingerprint density at radius 3 is 2.46 bits per heavy atom. The lowest BCUT2D eigenvalue weighted by Crippen LogP contribution is -2.48. The number of anilines is 1. The van der Waals surface area contributed by atoms with E-state index in [1.165, 1.54) is 30.6 Å². The first-order valence-corrected chi connectivity index (χ1v) is 17.7. The van der Waals surface area contributed by atoms with Crippen molar-refractivity contribution in [2.45, 2.75) is 63.2 Å². The van der Waals surface area contributed by atoms with Gasteiger partial charge in [0.25, 0.3) is 11.8 Å². The lowest BCUT2D eigenvalue weighted by Gasteiger charge is -2.35. The summed E-state index contributed by atoms with van der Waals surface area (Å²) in [6.45, 7) is 5.91. The van der Waals surface area contributed by atoms with Crippen LogP contribution in [0, 0.1) is 5.92 Å². The van der Waals surface area contributed by atoms with Gasteiger partial charge in [0.05, 0.1) is 42.4 Å². The minimum Gasteiger partial charge on any atom is -0.497 e. The number of aliphatic hydroxyl groups excluding tert-OH is 1. The van der Waals surface area contributed by atoms with Gasteiger partial charge in [0.2, 0.25) is 10.0 Å². The number of carbonyl (C=O) groups excluding carboxylic acids is 2. The zero-order chi connectivity index (χ0) is 34.8. The summed E-state index contributed by atoms with van der Waals surface area (Å²) in [5.41, 5.74) is 1.14. The Kier molecular flexibility index (Phi) is 13.0. The van der Waals surface area contributed by atoms with Gasteiger partial charge in [-0.25, -0.2) is 8.42 Å². The van der Waals surface area contributed by atoms with Crippen molar-refractivity contribution in [3.8, 4) is 11.5 Å². The van der Waals surface area contributed by atoms with Crippen molar-refractivity contribution in [3.05, 3.63) is 83.9 Å². The fourth-order valence-corrected chi connectivity index (χ4v) is 6.72. The molecule has 0 saturated carbocycles. The monoisotopic (exact) mass is 681 g/mol. The maximum absolute atomic E-state index is 14.4. The van der Waals surface area contributed by atoms with Crippen molar-refractivity contribution < 1.29 is 37.3 Å². The van der Waals surface area contributed by atoms with Crippen LogP contribution in [0.3, 0.4) is 0 Å². The Balaban J connectivity index is 1.64. The third-order valence-electron chi connectivity index (χ3n) is 8.55. The molecule has 0 spiro atoms. The molecule has 2 amide bonds. The smallest absolute Gasteiger partial charge is 0.258 e. The molecule has 11 nitrogen and oxygen atoms in total. The van der Waals surface area contributed by atoms with Gasteiger partial charge < -0.3 is 29.5 Å². The summed E-state index contributed by atoms with van der Waals surface area (Å²) < 4.78 is 46.1. The van der Waals surface area contributed by atoms with E-state index >= 15 is 0 Å². The molecule has 0 aliphatic carbocycles. The van der Waals surface area contributed by atoms with Gasteiger partial charge in [-0.3, -0.25) is 9.59 Å². The number of rotatable bonds is 9. The van der Waals surface area contributed by atoms with E-state index in [4.69, 9.17) is 14.2 Å². The third-order valence-corrected chi connectivity index (χ3v) is 10.4. The number of fused-ring (bicyclic) bond motifs is 1. The molecule has 4 atom stereocenters. The molecule has 0 radical (unpaired) electrons. The van der Waals surface area contributed by atoms with Crippen LogP contribution in [0.1, 0.15) is 60.7 Å². The molecule has 0 bridgehead atoms. The van der Waals surface area contributed by atoms with Crippen LogP contribution in [0.25, 0.3) is 0 Å². The quantitative estimate of drug-likeness (QED) is 0.320. The highest BCUT2D eigenvalue weighted by Crippen LogP contribution is 2.29. The molecule has 48 heavy (non-hydrogen) atoms. The van der Waals surface area contributed by atoms with Crippen molar-refractivity contribution in [2.75, 3.05) is 45.8 Å². The molecular weight excluding hydrogens is 634 g/mol. The molecule has 2 N–H and O–H groups in total. The number of amides is 2. The topological polar surface area (TPSA) is 135 Å². The first-order valence-electron chi connectivity index (χ1n) is 16.3. The van der Waals surface area contributed by atoms with E-state index in [2.05, 4.69) is 5.32 Å². The van der Waals surface area contributed by atoms with Crippen molar-refractivity contribution in [1.29, 1.82) is 0 Å². The molecule has 12 heteroatoms. The van der Waals surface area contributed by atoms with Crippen LogP contribution < -0.4 is 14.8 Å². The number of nitrogens with one attached hydrogen (secondary N) is 1. The molecule has 1 aliphatic rings. The van der Waals surface area contributed by atoms with E-state index in [1.807, 2.05) is 19.9 Å². The van der Waals surface area contributed by atoms with Gasteiger partial charge in [-0.1, -0.05) is 25.1 Å². The van der Waals surface area contributed by atoms with Crippen LogP contribution >= 0.6 is 0 Å². The van der Waals surface area contributed by atoms with E-state index < -0.39 is 28.1 Å². The first-order chi connectivity index (χ1) is 22.9. The average Bonchev–Trinajstić information content (AvgIpc) is 3.09. The van der Waals surface area contributed by atoms with E-state index in [-0.39, 0.29) is 48.1 Å².